The number of hydrazine groups is 4. The highest BCUT2D eigenvalue weighted by atomic mass is 16.4. The molecule has 0 saturated carbocycles. The molecule has 0 unspecified atom stereocenters. The molecule has 3 rings (SSSR count). The molecule has 16 nitrogen and oxygen atoms in total. The van der Waals surface area contributed by atoms with Gasteiger partial charge in [0.05, 0.1) is 5.56 Å². The van der Waals surface area contributed by atoms with Crippen molar-refractivity contribution in [3.63, 3.8) is 0 Å². The number of phenols is 5. The van der Waals surface area contributed by atoms with E-state index >= 15 is 0 Å². The highest BCUT2D eigenvalue weighted by Crippen LogP contribution is 2.55. The van der Waals surface area contributed by atoms with E-state index in [9.17, 15) is 35.4 Å². The fourth-order valence-corrected chi connectivity index (χ4v) is 3.05. The van der Waals surface area contributed by atoms with Crippen LogP contribution in [0.3, 0.4) is 0 Å². The first-order valence-electron chi connectivity index (χ1n) is 8.11. The lowest BCUT2D eigenvalue weighted by Gasteiger charge is -2.19. The third-order valence-electron chi connectivity index (χ3n) is 4.49. The Bertz CT molecular complexity index is 1240. The van der Waals surface area contributed by atoms with E-state index in [0.717, 1.165) is 0 Å². The Morgan fingerprint density at radius 3 is 1.52 bits per heavy atom. The van der Waals surface area contributed by atoms with Gasteiger partial charge in [0, 0.05) is 0 Å². The van der Waals surface area contributed by atoms with Crippen LogP contribution < -0.4 is 50.5 Å². The third-order valence-corrected chi connectivity index (χ3v) is 4.49. The standard InChI is InChI=1S/C15H18N8O8/c16-20-3-1(4(21-17)11(28)12(29)10(3)27)15-13(30)8(25)2-7(24)5(22-18)9(26)6(23-19)14(2)31-15/h20-24,26-30H,16-19H2. The zero-order valence-corrected chi connectivity index (χ0v) is 15.3. The monoisotopic (exact) mass is 438 g/mol. The van der Waals surface area contributed by atoms with Crippen molar-refractivity contribution >= 4 is 33.7 Å². The van der Waals surface area contributed by atoms with Crippen molar-refractivity contribution in [2.45, 2.75) is 0 Å². The number of nitrogens with one attached hydrogen (secondary N) is 4. The van der Waals surface area contributed by atoms with Crippen LogP contribution in [0.5, 0.6) is 34.5 Å². The summed E-state index contributed by atoms with van der Waals surface area (Å²) in [5.74, 6) is 14.8. The summed E-state index contributed by atoms with van der Waals surface area (Å²) in [7, 11) is 0. The van der Waals surface area contributed by atoms with Crippen molar-refractivity contribution in [2.75, 3.05) is 21.7 Å². The SMILES string of the molecule is NNc1c(O)c(O)c(O)c(NN)c1-c1oc2c(NN)c(O)c(NN)c(O)c2c(=O)c1O. The van der Waals surface area contributed by atoms with E-state index in [1.165, 1.54) is 0 Å². The Hall–Kier alpha value is -4.51. The summed E-state index contributed by atoms with van der Waals surface area (Å²) < 4.78 is 5.50. The summed E-state index contributed by atoms with van der Waals surface area (Å²) in [6.07, 6.45) is 0. The van der Waals surface area contributed by atoms with Gasteiger partial charge in [0.2, 0.25) is 16.9 Å². The minimum absolute atomic E-state index is 0.434. The summed E-state index contributed by atoms with van der Waals surface area (Å²) in [5.41, 5.74) is 3.77. The Morgan fingerprint density at radius 1 is 0.581 bits per heavy atom. The van der Waals surface area contributed by atoms with E-state index in [1.807, 2.05) is 16.3 Å². The first-order chi connectivity index (χ1) is 14.7. The van der Waals surface area contributed by atoms with E-state index < -0.39 is 85.0 Å². The number of hydrogen-bond acceptors (Lipinski definition) is 16. The zero-order chi connectivity index (χ0) is 23.2. The van der Waals surface area contributed by atoms with Gasteiger partial charge in [-0.2, -0.15) is 0 Å². The summed E-state index contributed by atoms with van der Waals surface area (Å²) in [4.78, 5) is 12.9. The molecule has 0 aliphatic rings. The lowest BCUT2D eigenvalue weighted by atomic mass is 10.0. The van der Waals surface area contributed by atoms with Gasteiger partial charge in [-0.25, -0.2) is 0 Å². The second kappa shape index (κ2) is 7.39. The normalized spacial score (nSPS) is 10.8. The molecular weight excluding hydrogens is 420 g/mol. The van der Waals surface area contributed by atoms with Gasteiger partial charge < -0.3 is 56.8 Å². The number of fused-ring (bicyclic) bond motifs is 1. The van der Waals surface area contributed by atoms with Crippen molar-refractivity contribution in [3.05, 3.63) is 10.2 Å². The molecule has 0 saturated heterocycles. The number of benzene rings is 2. The minimum atomic E-state index is -1.24. The van der Waals surface area contributed by atoms with Gasteiger partial charge in [-0.1, -0.05) is 0 Å². The molecule has 3 aromatic rings. The van der Waals surface area contributed by atoms with Gasteiger partial charge in [0.25, 0.3) is 0 Å². The maximum absolute atomic E-state index is 12.9. The molecule has 0 aliphatic carbocycles. The van der Waals surface area contributed by atoms with E-state index in [1.54, 1.807) is 0 Å². The van der Waals surface area contributed by atoms with Crippen molar-refractivity contribution < 1.29 is 35.1 Å². The van der Waals surface area contributed by atoms with Gasteiger partial charge in [0.1, 0.15) is 28.1 Å². The summed E-state index contributed by atoms with van der Waals surface area (Å²) in [5, 5.41) is 60.5. The highest BCUT2D eigenvalue weighted by Gasteiger charge is 2.31. The number of nitrogen functional groups attached to an aromatic ring is 4. The summed E-state index contributed by atoms with van der Waals surface area (Å²) >= 11 is 0. The van der Waals surface area contributed by atoms with Crippen molar-refractivity contribution in [1.82, 2.24) is 0 Å². The Labute approximate surface area is 170 Å². The van der Waals surface area contributed by atoms with Crippen LogP contribution in [0.2, 0.25) is 0 Å². The Balaban J connectivity index is 2.61. The molecule has 0 radical (unpaired) electrons. The number of aromatic hydroxyl groups is 6. The Kier molecular flexibility index (Phi) is 5.05. The van der Waals surface area contributed by atoms with Crippen LogP contribution in [0.4, 0.5) is 22.7 Å². The fourth-order valence-electron chi connectivity index (χ4n) is 3.05. The van der Waals surface area contributed by atoms with E-state index in [-0.39, 0.29) is 0 Å². The number of phenolic OH excluding ortho intramolecular Hbond substituents is 5. The fraction of sp³-hybridized carbons (Fsp3) is 0. The average molecular weight is 438 g/mol. The molecule has 0 spiro atoms. The number of hydrogen-bond donors (Lipinski definition) is 14. The van der Waals surface area contributed by atoms with Crippen LogP contribution in [0.1, 0.15) is 0 Å². The van der Waals surface area contributed by atoms with Gasteiger partial charge in [-0.05, 0) is 0 Å². The number of nitrogens with two attached hydrogens (primary N) is 4. The lowest BCUT2D eigenvalue weighted by molar-refractivity contribution is 0.370. The van der Waals surface area contributed by atoms with Crippen LogP contribution in [0, 0.1) is 0 Å². The second-order valence-electron chi connectivity index (χ2n) is 6.01. The van der Waals surface area contributed by atoms with E-state index in [4.69, 9.17) is 27.8 Å². The molecule has 0 bridgehead atoms. The maximum atomic E-state index is 12.9. The molecule has 166 valence electrons. The van der Waals surface area contributed by atoms with Gasteiger partial charge in [-0.15, -0.1) is 0 Å². The van der Waals surface area contributed by atoms with E-state index in [0.29, 0.717) is 0 Å². The first kappa shape index (κ1) is 21.2. The summed E-state index contributed by atoms with van der Waals surface area (Å²) in [6, 6.07) is 0. The molecule has 1 aromatic heterocycles. The zero-order valence-electron chi connectivity index (χ0n) is 15.3. The third kappa shape index (κ3) is 2.75. The predicted molar refractivity (Wildman–Crippen MR) is 109 cm³/mol. The predicted octanol–water partition coefficient (Wildman–Crippen LogP) is -1.16. The molecule has 2 aromatic carbocycles. The maximum Gasteiger partial charge on any atom is 0.238 e. The number of rotatable bonds is 5. The smallest absolute Gasteiger partial charge is 0.238 e. The van der Waals surface area contributed by atoms with Crippen molar-refractivity contribution in [3.8, 4) is 45.8 Å². The van der Waals surface area contributed by atoms with Crippen molar-refractivity contribution in [1.29, 1.82) is 0 Å². The largest absolute Gasteiger partial charge is 0.505 e. The second-order valence-corrected chi connectivity index (χ2v) is 6.01. The van der Waals surface area contributed by atoms with Gasteiger partial charge >= 0.3 is 0 Å². The molecule has 16 heteroatoms. The minimum Gasteiger partial charge on any atom is -0.505 e. The lowest BCUT2D eigenvalue weighted by Crippen LogP contribution is -2.15. The molecule has 0 atom stereocenters. The van der Waals surface area contributed by atoms with Gasteiger partial charge in [0.15, 0.2) is 34.3 Å². The van der Waals surface area contributed by atoms with Crippen LogP contribution in [-0.4, -0.2) is 30.6 Å². The molecular formula is C15H18N8O8. The van der Waals surface area contributed by atoms with E-state index in [2.05, 4.69) is 5.43 Å². The summed E-state index contributed by atoms with van der Waals surface area (Å²) in [6.45, 7) is 0. The molecule has 0 fully saturated rings. The van der Waals surface area contributed by atoms with Crippen LogP contribution >= 0.6 is 0 Å². The topological polar surface area (TPSA) is 304 Å². The van der Waals surface area contributed by atoms with Crippen LogP contribution in [0.15, 0.2) is 9.21 Å². The van der Waals surface area contributed by atoms with Gasteiger partial charge in [-0.3, -0.25) is 28.2 Å². The van der Waals surface area contributed by atoms with Crippen LogP contribution in [-0.2, 0) is 0 Å². The molecule has 0 aliphatic heterocycles. The van der Waals surface area contributed by atoms with Crippen molar-refractivity contribution in [2.24, 2.45) is 23.4 Å². The molecule has 1 heterocycles. The molecule has 18 N–H and O–H groups in total. The van der Waals surface area contributed by atoms with Crippen LogP contribution in [0.25, 0.3) is 22.3 Å². The molecule has 31 heavy (non-hydrogen) atoms. The quantitative estimate of drug-likeness (QED) is 0.0965. The Morgan fingerprint density at radius 2 is 1.06 bits per heavy atom. The first-order valence-corrected chi connectivity index (χ1v) is 8.11. The highest BCUT2D eigenvalue weighted by molar-refractivity contribution is 6.05. The average Bonchev–Trinajstić information content (AvgIpc) is 2.74. The number of anilines is 4. The molecule has 0 amide bonds.